The molecule has 2 aliphatic heterocycles. The van der Waals surface area contributed by atoms with Crippen LogP contribution in [0.4, 0.5) is 5.82 Å². The van der Waals surface area contributed by atoms with E-state index in [0.29, 0.717) is 36.8 Å². The highest BCUT2D eigenvalue weighted by Gasteiger charge is 2.37. The smallest absolute Gasteiger partial charge is 0.273 e. The molecule has 3 aromatic rings. The molecule has 2 aromatic heterocycles. The minimum atomic E-state index is -0.234. The monoisotopic (exact) mass is 443 g/mol. The number of carbonyl (C=O) groups excluding carboxylic acids is 2. The largest absolute Gasteiger partial charge is 0.497 e. The Labute approximate surface area is 192 Å². The lowest BCUT2D eigenvalue weighted by molar-refractivity contribution is -0.117. The van der Waals surface area contributed by atoms with Crippen LogP contribution >= 0.6 is 0 Å². The molecule has 1 aromatic carbocycles. The number of benzene rings is 1. The second-order valence-electron chi connectivity index (χ2n) is 8.35. The number of rotatable bonds is 5. The first kappa shape index (κ1) is 21.1. The van der Waals surface area contributed by atoms with E-state index in [-0.39, 0.29) is 17.9 Å². The van der Waals surface area contributed by atoms with Crippen molar-refractivity contribution in [3.8, 4) is 5.75 Å². The van der Waals surface area contributed by atoms with Crippen molar-refractivity contribution >= 4 is 17.6 Å². The van der Waals surface area contributed by atoms with Crippen molar-refractivity contribution in [2.24, 2.45) is 0 Å². The summed E-state index contributed by atoms with van der Waals surface area (Å²) in [5.41, 5.74) is 3.05. The summed E-state index contributed by atoms with van der Waals surface area (Å²) in [5, 5.41) is 0. The van der Waals surface area contributed by atoms with E-state index < -0.39 is 0 Å². The zero-order valence-corrected chi connectivity index (χ0v) is 18.7. The number of pyridine rings is 1. The van der Waals surface area contributed by atoms with Gasteiger partial charge in [-0.15, -0.1) is 0 Å². The zero-order chi connectivity index (χ0) is 22.9. The van der Waals surface area contributed by atoms with E-state index in [2.05, 4.69) is 4.98 Å². The van der Waals surface area contributed by atoms with Crippen LogP contribution in [0.1, 0.15) is 52.0 Å². The van der Waals surface area contributed by atoms with Gasteiger partial charge in [-0.3, -0.25) is 19.5 Å². The Morgan fingerprint density at radius 1 is 1.15 bits per heavy atom. The fourth-order valence-electron chi connectivity index (χ4n) is 4.54. The summed E-state index contributed by atoms with van der Waals surface area (Å²) in [6, 6.07) is 12.8. The molecule has 0 radical (unpaired) electrons. The van der Waals surface area contributed by atoms with E-state index >= 15 is 0 Å². The van der Waals surface area contributed by atoms with E-state index in [9.17, 15) is 9.59 Å². The van der Waals surface area contributed by atoms with E-state index in [0.717, 1.165) is 35.4 Å². The molecule has 8 nitrogen and oxygen atoms in total. The summed E-state index contributed by atoms with van der Waals surface area (Å²) >= 11 is 0. The van der Waals surface area contributed by atoms with Crippen molar-refractivity contribution in [2.75, 3.05) is 18.6 Å². The normalized spacial score (nSPS) is 17.4. The second-order valence-corrected chi connectivity index (χ2v) is 8.35. The third kappa shape index (κ3) is 3.92. The SMILES string of the molecule is COc1ccc(CN2C(=O)Cc3c(C)nc(C4CCCN4C(=O)c4ccccn4)nc32)cc1. The fraction of sp³-hybridized carbons (Fsp3) is 0.320. The summed E-state index contributed by atoms with van der Waals surface area (Å²) in [5.74, 6) is 1.89. The Balaban J connectivity index is 1.45. The molecule has 1 unspecified atom stereocenters. The summed E-state index contributed by atoms with van der Waals surface area (Å²) in [4.78, 5) is 43.3. The predicted octanol–water partition coefficient (Wildman–Crippen LogP) is 3.26. The molecule has 0 spiro atoms. The van der Waals surface area contributed by atoms with Crippen molar-refractivity contribution in [1.82, 2.24) is 19.9 Å². The van der Waals surface area contributed by atoms with Gasteiger partial charge in [0.05, 0.1) is 26.1 Å². The molecular weight excluding hydrogens is 418 g/mol. The maximum atomic E-state index is 13.1. The molecule has 1 atom stereocenters. The van der Waals surface area contributed by atoms with Crippen LogP contribution in [0.15, 0.2) is 48.7 Å². The van der Waals surface area contributed by atoms with Gasteiger partial charge in [-0.1, -0.05) is 18.2 Å². The molecule has 33 heavy (non-hydrogen) atoms. The van der Waals surface area contributed by atoms with Crippen LogP contribution in [-0.4, -0.2) is 45.3 Å². The van der Waals surface area contributed by atoms with Crippen molar-refractivity contribution in [3.05, 3.63) is 77.0 Å². The van der Waals surface area contributed by atoms with Crippen LogP contribution < -0.4 is 9.64 Å². The van der Waals surface area contributed by atoms with Crippen LogP contribution in [0.5, 0.6) is 5.75 Å². The van der Waals surface area contributed by atoms with Gasteiger partial charge in [0.2, 0.25) is 5.91 Å². The van der Waals surface area contributed by atoms with E-state index in [4.69, 9.17) is 14.7 Å². The molecule has 4 heterocycles. The maximum absolute atomic E-state index is 13.1. The molecule has 5 rings (SSSR count). The number of anilines is 1. The third-order valence-corrected chi connectivity index (χ3v) is 6.29. The quantitative estimate of drug-likeness (QED) is 0.602. The summed E-state index contributed by atoms with van der Waals surface area (Å²) in [6.07, 6.45) is 3.57. The van der Waals surface area contributed by atoms with Crippen LogP contribution in [0, 0.1) is 6.92 Å². The van der Waals surface area contributed by atoms with Gasteiger partial charge >= 0.3 is 0 Å². The standard InChI is InChI=1S/C25H25N5O3/c1-16-19-14-22(31)30(15-17-8-10-18(33-2)11-9-17)24(19)28-23(27-16)21-7-5-13-29(21)25(32)20-6-3-4-12-26-20/h3-4,6,8-12,21H,5,7,13-15H2,1-2H3. The molecular formula is C25H25N5O3. The predicted molar refractivity (Wildman–Crippen MR) is 122 cm³/mol. The molecule has 2 amide bonds. The topological polar surface area (TPSA) is 88.5 Å². The molecule has 0 bridgehead atoms. The zero-order valence-electron chi connectivity index (χ0n) is 18.7. The Morgan fingerprint density at radius 2 is 1.97 bits per heavy atom. The minimum Gasteiger partial charge on any atom is -0.497 e. The molecule has 1 fully saturated rings. The van der Waals surface area contributed by atoms with Crippen LogP contribution in [0.3, 0.4) is 0 Å². The number of methoxy groups -OCH3 is 1. The lowest BCUT2D eigenvalue weighted by atomic mass is 10.1. The first-order valence-corrected chi connectivity index (χ1v) is 11.1. The van der Waals surface area contributed by atoms with Gasteiger partial charge in [0.25, 0.3) is 5.91 Å². The number of ether oxygens (including phenoxy) is 1. The van der Waals surface area contributed by atoms with Gasteiger partial charge in [0, 0.05) is 24.0 Å². The summed E-state index contributed by atoms with van der Waals surface area (Å²) in [6.45, 7) is 2.97. The second kappa shape index (κ2) is 8.61. The number of aromatic nitrogens is 3. The number of aryl methyl sites for hydroxylation is 1. The lowest BCUT2D eigenvalue weighted by Gasteiger charge is -2.25. The van der Waals surface area contributed by atoms with Gasteiger partial charge in [0.1, 0.15) is 17.3 Å². The van der Waals surface area contributed by atoms with Gasteiger partial charge < -0.3 is 9.64 Å². The maximum Gasteiger partial charge on any atom is 0.273 e. The number of hydrogen-bond donors (Lipinski definition) is 0. The average Bonchev–Trinajstić information content (AvgIpc) is 3.45. The summed E-state index contributed by atoms with van der Waals surface area (Å²) in [7, 11) is 1.63. The number of likely N-dealkylation sites (tertiary alicyclic amines) is 1. The van der Waals surface area contributed by atoms with Crippen molar-refractivity contribution in [1.29, 1.82) is 0 Å². The molecule has 8 heteroatoms. The Kier molecular flexibility index (Phi) is 5.50. The van der Waals surface area contributed by atoms with Crippen LogP contribution in [0.2, 0.25) is 0 Å². The Morgan fingerprint density at radius 3 is 2.70 bits per heavy atom. The van der Waals surface area contributed by atoms with Gasteiger partial charge in [-0.2, -0.15) is 0 Å². The molecule has 1 saturated heterocycles. The van der Waals surface area contributed by atoms with Crippen molar-refractivity contribution in [3.63, 3.8) is 0 Å². The molecule has 0 N–H and O–H groups in total. The van der Waals surface area contributed by atoms with E-state index in [1.807, 2.05) is 37.3 Å². The van der Waals surface area contributed by atoms with Crippen LogP contribution in [-0.2, 0) is 17.8 Å². The molecule has 2 aliphatic rings. The molecule has 0 saturated carbocycles. The Hall–Kier alpha value is -3.81. The fourth-order valence-corrected chi connectivity index (χ4v) is 4.54. The molecule has 168 valence electrons. The average molecular weight is 444 g/mol. The minimum absolute atomic E-state index is 0.00297. The highest BCUT2D eigenvalue weighted by molar-refractivity contribution is 6.00. The van der Waals surface area contributed by atoms with E-state index in [1.165, 1.54) is 0 Å². The number of amides is 2. The Bertz CT molecular complexity index is 1200. The highest BCUT2D eigenvalue weighted by atomic mass is 16.5. The molecule has 0 aliphatic carbocycles. The van der Waals surface area contributed by atoms with Crippen LogP contribution in [0.25, 0.3) is 0 Å². The summed E-state index contributed by atoms with van der Waals surface area (Å²) < 4.78 is 5.23. The van der Waals surface area contributed by atoms with Gasteiger partial charge in [-0.25, -0.2) is 9.97 Å². The lowest BCUT2D eigenvalue weighted by Crippen LogP contribution is -2.32. The van der Waals surface area contributed by atoms with Gasteiger partial charge in [0.15, 0.2) is 5.82 Å². The van der Waals surface area contributed by atoms with Gasteiger partial charge in [-0.05, 0) is 49.6 Å². The number of hydrogen-bond acceptors (Lipinski definition) is 6. The van der Waals surface area contributed by atoms with Crippen molar-refractivity contribution < 1.29 is 14.3 Å². The first-order valence-electron chi connectivity index (χ1n) is 11.1. The number of carbonyl (C=O) groups is 2. The highest BCUT2D eigenvalue weighted by Crippen LogP contribution is 2.36. The van der Waals surface area contributed by atoms with E-state index in [1.54, 1.807) is 35.2 Å². The number of nitrogens with zero attached hydrogens (tertiary/aromatic N) is 5. The first-order chi connectivity index (χ1) is 16.0. The van der Waals surface area contributed by atoms with Crippen molar-refractivity contribution in [2.45, 2.75) is 38.8 Å². The third-order valence-electron chi connectivity index (χ3n) is 6.29. The number of fused-ring (bicyclic) bond motifs is 1.